The zero-order chi connectivity index (χ0) is 11.6. The molecule has 0 saturated heterocycles. The molecule has 0 amide bonds. The van der Waals surface area contributed by atoms with Gasteiger partial charge >= 0.3 is 5.97 Å². The molecule has 2 heteroatoms. The molecule has 1 rings (SSSR count). The molecule has 15 heavy (non-hydrogen) atoms. The fraction of sp³-hybridized carbons (Fsp3) is 0.462. The quantitative estimate of drug-likeness (QED) is 0.807. The molecule has 1 N–H and O–H groups in total. The summed E-state index contributed by atoms with van der Waals surface area (Å²) in [4.78, 5) is 10.6. The molecule has 0 unspecified atom stereocenters. The number of carbonyl (C=O) groups is 1. The van der Waals surface area contributed by atoms with Crippen molar-refractivity contribution in [2.45, 2.75) is 39.5 Å². The molecule has 0 bridgehead atoms. The van der Waals surface area contributed by atoms with Crippen molar-refractivity contribution in [3.05, 3.63) is 34.9 Å². The lowest BCUT2D eigenvalue weighted by Gasteiger charge is -2.20. The molecule has 0 saturated carbocycles. The maximum absolute atomic E-state index is 10.6. The molecule has 0 aliphatic heterocycles. The van der Waals surface area contributed by atoms with Crippen LogP contribution in [0.2, 0.25) is 0 Å². The van der Waals surface area contributed by atoms with Crippen molar-refractivity contribution < 1.29 is 9.90 Å². The number of aryl methyl sites for hydroxylation is 1. The highest BCUT2D eigenvalue weighted by Gasteiger charge is 2.14. The molecule has 1 aromatic carbocycles. The average molecular weight is 206 g/mol. The second-order valence-electron chi connectivity index (χ2n) is 4.96. The van der Waals surface area contributed by atoms with E-state index < -0.39 is 5.97 Å². The van der Waals surface area contributed by atoms with Gasteiger partial charge in [-0.05, 0) is 29.0 Å². The topological polar surface area (TPSA) is 37.3 Å². The van der Waals surface area contributed by atoms with E-state index in [4.69, 9.17) is 5.11 Å². The summed E-state index contributed by atoms with van der Waals surface area (Å²) in [6.45, 7) is 8.42. The van der Waals surface area contributed by atoms with Gasteiger partial charge in [-0.15, -0.1) is 0 Å². The van der Waals surface area contributed by atoms with Crippen LogP contribution >= 0.6 is 0 Å². The molecule has 2 nitrogen and oxygen atoms in total. The fourth-order valence-corrected chi connectivity index (χ4v) is 1.52. The molecule has 1 aromatic rings. The van der Waals surface area contributed by atoms with E-state index in [2.05, 4.69) is 26.8 Å². The van der Waals surface area contributed by atoms with Crippen molar-refractivity contribution in [2.24, 2.45) is 0 Å². The Morgan fingerprint density at radius 1 is 1.33 bits per heavy atom. The first-order valence-electron chi connectivity index (χ1n) is 5.12. The molecule has 0 aliphatic rings. The zero-order valence-electron chi connectivity index (χ0n) is 9.79. The first kappa shape index (κ1) is 11.8. The third-order valence-electron chi connectivity index (χ3n) is 2.55. The van der Waals surface area contributed by atoms with Crippen molar-refractivity contribution >= 4 is 5.97 Å². The Bertz CT molecular complexity index is 373. The summed E-state index contributed by atoms with van der Waals surface area (Å²) in [5.74, 6) is -0.776. The van der Waals surface area contributed by atoms with Gasteiger partial charge in [0.2, 0.25) is 0 Å². The van der Waals surface area contributed by atoms with E-state index in [1.165, 1.54) is 5.56 Å². The summed E-state index contributed by atoms with van der Waals surface area (Å²) < 4.78 is 0. The summed E-state index contributed by atoms with van der Waals surface area (Å²) in [7, 11) is 0. The molecule has 0 fully saturated rings. The largest absolute Gasteiger partial charge is 0.481 e. The SMILES string of the molecule is Cc1cc(C(C)(C)C)ccc1CC(=O)O. The van der Waals surface area contributed by atoms with Crippen LogP contribution in [-0.4, -0.2) is 11.1 Å². The van der Waals surface area contributed by atoms with Crippen LogP contribution < -0.4 is 0 Å². The summed E-state index contributed by atoms with van der Waals surface area (Å²) >= 11 is 0. The first-order valence-corrected chi connectivity index (χ1v) is 5.12. The monoisotopic (exact) mass is 206 g/mol. The minimum atomic E-state index is -0.776. The van der Waals surface area contributed by atoms with E-state index in [1.54, 1.807) is 0 Å². The maximum atomic E-state index is 10.6. The van der Waals surface area contributed by atoms with Gasteiger partial charge in [-0.2, -0.15) is 0 Å². The van der Waals surface area contributed by atoms with Crippen LogP contribution in [0, 0.1) is 6.92 Å². The normalized spacial score (nSPS) is 11.5. The predicted molar refractivity (Wildman–Crippen MR) is 61.2 cm³/mol. The van der Waals surface area contributed by atoms with Gasteiger partial charge in [-0.1, -0.05) is 39.0 Å². The number of benzene rings is 1. The Labute approximate surface area is 90.9 Å². The van der Waals surface area contributed by atoms with Crippen molar-refractivity contribution in [1.82, 2.24) is 0 Å². The Hall–Kier alpha value is -1.31. The third kappa shape index (κ3) is 3.08. The van der Waals surface area contributed by atoms with Crippen LogP contribution in [0.4, 0.5) is 0 Å². The standard InChI is InChI=1S/C13H18O2/c1-9-7-11(13(2,3)4)6-5-10(9)8-12(14)15/h5-7H,8H2,1-4H3,(H,14,15). The predicted octanol–water partition coefficient (Wildman–Crippen LogP) is 2.92. The molecule has 0 aromatic heterocycles. The minimum Gasteiger partial charge on any atom is -0.481 e. The second-order valence-corrected chi connectivity index (χ2v) is 4.96. The summed E-state index contributed by atoms with van der Waals surface area (Å²) in [5.41, 5.74) is 3.32. The molecular formula is C13H18O2. The van der Waals surface area contributed by atoms with Gasteiger partial charge in [0.05, 0.1) is 6.42 Å². The van der Waals surface area contributed by atoms with Gasteiger partial charge in [-0.3, -0.25) is 4.79 Å². The third-order valence-corrected chi connectivity index (χ3v) is 2.55. The smallest absolute Gasteiger partial charge is 0.307 e. The number of rotatable bonds is 2. The highest BCUT2D eigenvalue weighted by atomic mass is 16.4. The van der Waals surface area contributed by atoms with E-state index in [1.807, 2.05) is 19.1 Å². The van der Waals surface area contributed by atoms with Crippen LogP contribution in [0.5, 0.6) is 0 Å². The molecule has 0 spiro atoms. The van der Waals surface area contributed by atoms with Crippen molar-refractivity contribution in [3.8, 4) is 0 Å². The number of carboxylic acid groups (broad SMARTS) is 1. The zero-order valence-corrected chi connectivity index (χ0v) is 9.79. The lowest BCUT2D eigenvalue weighted by molar-refractivity contribution is -0.136. The summed E-state index contributed by atoms with van der Waals surface area (Å²) in [6.07, 6.45) is 0.107. The minimum absolute atomic E-state index is 0.107. The maximum Gasteiger partial charge on any atom is 0.307 e. The summed E-state index contributed by atoms with van der Waals surface area (Å²) in [5, 5.41) is 8.72. The lowest BCUT2D eigenvalue weighted by atomic mass is 9.85. The van der Waals surface area contributed by atoms with Crippen LogP contribution in [0.1, 0.15) is 37.5 Å². The molecular weight excluding hydrogens is 188 g/mol. The van der Waals surface area contributed by atoms with Crippen LogP contribution in [0.3, 0.4) is 0 Å². The van der Waals surface area contributed by atoms with Crippen molar-refractivity contribution in [3.63, 3.8) is 0 Å². The van der Waals surface area contributed by atoms with E-state index in [0.717, 1.165) is 11.1 Å². The van der Waals surface area contributed by atoms with Crippen molar-refractivity contribution in [1.29, 1.82) is 0 Å². The Morgan fingerprint density at radius 3 is 2.33 bits per heavy atom. The second kappa shape index (κ2) is 4.05. The molecule has 0 atom stereocenters. The summed E-state index contributed by atoms with van der Waals surface area (Å²) in [6, 6.07) is 6.02. The van der Waals surface area contributed by atoms with Gasteiger partial charge in [0.25, 0.3) is 0 Å². The molecule has 0 aliphatic carbocycles. The molecule has 0 radical (unpaired) electrons. The van der Waals surface area contributed by atoms with Crippen LogP contribution in [0.15, 0.2) is 18.2 Å². The van der Waals surface area contributed by atoms with E-state index in [9.17, 15) is 4.79 Å². The van der Waals surface area contributed by atoms with E-state index >= 15 is 0 Å². The van der Waals surface area contributed by atoms with Gasteiger partial charge in [0, 0.05) is 0 Å². The Morgan fingerprint density at radius 2 is 1.93 bits per heavy atom. The molecule has 0 heterocycles. The van der Waals surface area contributed by atoms with Gasteiger partial charge in [0.1, 0.15) is 0 Å². The van der Waals surface area contributed by atoms with Crippen LogP contribution in [-0.2, 0) is 16.6 Å². The Kier molecular flexibility index (Phi) is 3.18. The van der Waals surface area contributed by atoms with E-state index in [0.29, 0.717) is 0 Å². The van der Waals surface area contributed by atoms with Crippen LogP contribution in [0.25, 0.3) is 0 Å². The Balaban J connectivity index is 3.03. The van der Waals surface area contributed by atoms with Gasteiger partial charge < -0.3 is 5.11 Å². The van der Waals surface area contributed by atoms with E-state index in [-0.39, 0.29) is 11.8 Å². The van der Waals surface area contributed by atoms with Gasteiger partial charge in [-0.25, -0.2) is 0 Å². The first-order chi connectivity index (χ1) is 6.80. The van der Waals surface area contributed by atoms with Crippen molar-refractivity contribution in [2.75, 3.05) is 0 Å². The molecule has 82 valence electrons. The highest BCUT2D eigenvalue weighted by Crippen LogP contribution is 2.24. The average Bonchev–Trinajstić information content (AvgIpc) is 2.05. The number of hydrogen-bond donors (Lipinski definition) is 1. The number of aliphatic carboxylic acids is 1. The highest BCUT2D eigenvalue weighted by molar-refractivity contribution is 5.70. The number of hydrogen-bond acceptors (Lipinski definition) is 1. The fourth-order valence-electron chi connectivity index (χ4n) is 1.52. The van der Waals surface area contributed by atoms with Gasteiger partial charge in [0.15, 0.2) is 0 Å². The lowest BCUT2D eigenvalue weighted by Crippen LogP contribution is -2.12. The number of carboxylic acids is 1.